The van der Waals surface area contributed by atoms with Crippen LogP contribution in [-0.4, -0.2) is 17.1 Å². The molecule has 0 fully saturated rings. The zero-order chi connectivity index (χ0) is 12.1. The normalized spacial score (nSPS) is 10.5. The van der Waals surface area contributed by atoms with E-state index in [2.05, 4.69) is 5.32 Å². The minimum absolute atomic E-state index is 0.287. The third kappa shape index (κ3) is 2.95. The molecule has 0 amide bonds. The quantitative estimate of drug-likeness (QED) is 0.809. The van der Waals surface area contributed by atoms with Crippen LogP contribution in [0.4, 0.5) is 10.1 Å². The molecule has 1 rings (SSSR count). The Kier molecular flexibility index (Phi) is 4.28. The topological polar surface area (TPSA) is 49.3 Å². The van der Waals surface area contributed by atoms with Gasteiger partial charge in [-0.2, -0.15) is 0 Å². The van der Waals surface area contributed by atoms with Crippen molar-refractivity contribution in [2.45, 2.75) is 32.7 Å². The molecule has 0 aliphatic carbocycles. The van der Waals surface area contributed by atoms with Crippen LogP contribution in [0.5, 0.6) is 0 Å². The molecule has 88 valence electrons. The van der Waals surface area contributed by atoms with Crippen LogP contribution >= 0.6 is 0 Å². The predicted molar refractivity (Wildman–Crippen MR) is 61.4 cm³/mol. The second-order valence-corrected chi connectivity index (χ2v) is 3.66. The monoisotopic (exact) mass is 225 g/mol. The second-order valence-electron chi connectivity index (χ2n) is 3.66. The number of hydrogen-bond donors (Lipinski definition) is 2. The van der Waals surface area contributed by atoms with Gasteiger partial charge in [0.2, 0.25) is 0 Å². The molecule has 0 aliphatic rings. The van der Waals surface area contributed by atoms with Gasteiger partial charge in [-0.1, -0.05) is 13.8 Å². The molecule has 4 heteroatoms. The first-order chi connectivity index (χ1) is 7.58. The summed E-state index contributed by atoms with van der Waals surface area (Å²) < 4.78 is 13.3. The average Bonchev–Trinajstić information content (AvgIpc) is 2.25. The number of hydrogen-bond acceptors (Lipinski definition) is 2. The molecule has 1 aromatic carbocycles. The van der Waals surface area contributed by atoms with Crippen molar-refractivity contribution in [1.29, 1.82) is 0 Å². The number of carbonyl (C=O) groups is 1. The number of carboxylic acids is 1. The second kappa shape index (κ2) is 5.49. The fourth-order valence-corrected chi connectivity index (χ4v) is 1.51. The summed E-state index contributed by atoms with van der Waals surface area (Å²) in [5.41, 5.74) is 0.325. The zero-order valence-corrected chi connectivity index (χ0v) is 9.46. The Morgan fingerprint density at radius 2 is 2.06 bits per heavy atom. The molecule has 0 unspecified atom stereocenters. The highest BCUT2D eigenvalue weighted by Gasteiger charge is 2.11. The summed E-state index contributed by atoms with van der Waals surface area (Å²) in [6, 6.07) is 4.38. The van der Waals surface area contributed by atoms with Gasteiger partial charge in [0.05, 0.1) is 5.56 Å². The third-order valence-electron chi connectivity index (χ3n) is 2.56. The van der Waals surface area contributed by atoms with Crippen molar-refractivity contribution in [3.05, 3.63) is 29.6 Å². The molecular formula is C12H16FNO2. The van der Waals surface area contributed by atoms with Crippen LogP contribution in [-0.2, 0) is 0 Å². The van der Waals surface area contributed by atoms with Crippen molar-refractivity contribution in [2.24, 2.45) is 0 Å². The fraction of sp³-hybridized carbons (Fsp3) is 0.417. The number of halogens is 1. The van der Waals surface area contributed by atoms with E-state index in [9.17, 15) is 9.18 Å². The lowest BCUT2D eigenvalue weighted by atomic mass is 10.1. The SMILES string of the molecule is CCC(CC)Nc1ccc(C(=O)O)c(F)c1. The maximum Gasteiger partial charge on any atom is 0.338 e. The van der Waals surface area contributed by atoms with E-state index in [0.717, 1.165) is 12.8 Å². The Morgan fingerprint density at radius 1 is 1.44 bits per heavy atom. The standard InChI is InChI=1S/C12H16FNO2/c1-3-8(4-2)14-9-5-6-10(12(15)16)11(13)7-9/h5-8,14H,3-4H2,1-2H3,(H,15,16). The van der Waals surface area contributed by atoms with Gasteiger partial charge < -0.3 is 10.4 Å². The van der Waals surface area contributed by atoms with Crippen LogP contribution in [0.25, 0.3) is 0 Å². The van der Waals surface area contributed by atoms with E-state index in [1.54, 1.807) is 6.07 Å². The van der Waals surface area contributed by atoms with Crippen molar-refractivity contribution >= 4 is 11.7 Å². The van der Waals surface area contributed by atoms with Crippen LogP contribution < -0.4 is 5.32 Å². The number of aromatic carboxylic acids is 1. The molecule has 0 heterocycles. The summed E-state index contributed by atoms with van der Waals surface area (Å²) in [7, 11) is 0. The van der Waals surface area contributed by atoms with Gasteiger partial charge >= 0.3 is 5.97 Å². The smallest absolute Gasteiger partial charge is 0.338 e. The van der Waals surface area contributed by atoms with Gasteiger partial charge in [-0.15, -0.1) is 0 Å². The lowest BCUT2D eigenvalue weighted by Crippen LogP contribution is -2.17. The fourth-order valence-electron chi connectivity index (χ4n) is 1.51. The minimum Gasteiger partial charge on any atom is -0.478 e. The predicted octanol–water partition coefficient (Wildman–Crippen LogP) is 3.12. The highest BCUT2D eigenvalue weighted by Crippen LogP contribution is 2.16. The summed E-state index contributed by atoms with van der Waals surface area (Å²) in [6.45, 7) is 4.09. The van der Waals surface area contributed by atoms with Crippen LogP contribution in [0.2, 0.25) is 0 Å². The number of carboxylic acid groups (broad SMARTS) is 1. The molecule has 0 radical (unpaired) electrons. The van der Waals surface area contributed by atoms with E-state index in [0.29, 0.717) is 5.69 Å². The highest BCUT2D eigenvalue weighted by atomic mass is 19.1. The van der Waals surface area contributed by atoms with Crippen LogP contribution in [0.1, 0.15) is 37.0 Å². The molecule has 2 N–H and O–H groups in total. The van der Waals surface area contributed by atoms with Gasteiger partial charge in [0.15, 0.2) is 0 Å². The van der Waals surface area contributed by atoms with Crippen molar-refractivity contribution in [3.8, 4) is 0 Å². The van der Waals surface area contributed by atoms with Gasteiger partial charge in [0.25, 0.3) is 0 Å². The molecule has 0 aromatic heterocycles. The Hall–Kier alpha value is -1.58. The molecule has 0 saturated heterocycles. The Labute approximate surface area is 94.3 Å². The van der Waals surface area contributed by atoms with Crippen molar-refractivity contribution in [2.75, 3.05) is 5.32 Å². The van der Waals surface area contributed by atoms with Gasteiger partial charge in [-0.25, -0.2) is 9.18 Å². The van der Waals surface area contributed by atoms with Crippen molar-refractivity contribution in [1.82, 2.24) is 0 Å². The molecule has 0 bridgehead atoms. The van der Waals surface area contributed by atoms with Gasteiger partial charge in [-0.3, -0.25) is 0 Å². The summed E-state index contributed by atoms with van der Waals surface area (Å²) >= 11 is 0. The first-order valence-electron chi connectivity index (χ1n) is 5.37. The van der Waals surface area contributed by atoms with Gasteiger partial charge in [-0.05, 0) is 31.0 Å². The van der Waals surface area contributed by atoms with Gasteiger partial charge in [0, 0.05) is 11.7 Å². The van der Waals surface area contributed by atoms with Crippen LogP contribution in [0, 0.1) is 5.82 Å². The van der Waals surface area contributed by atoms with E-state index >= 15 is 0 Å². The molecule has 0 spiro atoms. The first-order valence-corrected chi connectivity index (χ1v) is 5.37. The minimum atomic E-state index is -1.24. The molecule has 0 aliphatic heterocycles. The number of anilines is 1. The van der Waals surface area contributed by atoms with E-state index < -0.39 is 11.8 Å². The Balaban J connectivity index is 2.84. The summed E-state index contributed by atoms with van der Waals surface area (Å²) in [6.07, 6.45) is 1.89. The number of rotatable bonds is 5. The number of nitrogens with one attached hydrogen (secondary N) is 1. The van der Waals surface area contributed by atoms with E-state index in [1.165, 1.54) is 12.1 Å². The Morgan fingerprint density at radius 3 is 2.50 bits per heavy atom. The third-order valence-corrected chi connectivity index (χ3v) is 2.56. The van der Waals surface area contributed by atoms with E-state index in [4.69, 9.17) is 5.11 Å². The lowest BCUT2D eigenvalue weighted by Gasteiger charge is -2.16. The molecular weight excluding hydrogens is 209 g/mol. The first kappa shape index (κ1) is 12.5. The average molecular weight is 225 g/mol. The van der Waals surface area contributed by atoms with E-state index in [1.807, 2.05) is 13.8 Å². The van der Waals surface area contributed by atoms with Crippen LogP contribution in [0.15, 0.2) is 18.2 Å². The summed E-state index contributed by atoms with van der Waals surface area (Å²) in [5, 5.41) is 11.8. The van der Waals surface area contributed by atoms with Crippen molar-refractivity contribution in [3.63, 3.8) is 0 Å². The summed E-state index contributed by atoms with van der Waals surface area (Å²) in [5.74, 6) is -1.95. The summed E-state index contributed by atoms with van der Waals surface area (Å²) in [4.78, 5) is 10.6. The zero-order valence-electron chi connectivity index (χ0n) is 9.46. The van der Waals surface area contributed by atoms with Gasteiger partial charge in [0.1, 0.15) is 5.82 Å². The molecule has 3 nitrogen and oxygen atoms in total. The van der Waals surface area contributed by atoms with Crippen molar-refractivity contribution < 1.29 is 14.3 Å². The molecule has 1 aromatic rings. The highest BCUT2D eigenvalue weighted by molar-refractivity contribution is 5.88. The maximum absolute atomic E-state index is 13.3. The van der Waals surface area contributed by atoms with E-state index in [-0.39, 0.29) is 11.6 Å². The Bertz CT molecular complexity index is 375. The lowest BCUT2D eigenvalue weighted by molar-refractivity contribution is 0.0692. The number of benzene rings is 1. The van der Waals surface area contributed by atoms with Crippen LogP contribution in [0.3, 0.4) is 0 Å². The maximum atomic E-state index is 13.3. The molecule has 0 atom stereocenters. The molecule has 0 saturated carbocycles. The molecule has 16 heavy (non-hydrogen) atoms. The largest absolute Gasteiger partial charge is 0.478 e.